The molecule has 180 valence electrons. The predicted molar refractivity (Wildman–Crippen MR) is 147 cm³/mol. The summed E-state index contributed by atoms with van der Waals surface area (Å²) in [5.74, 6) is 1.06. The molecule has 0 spiro atoms. The van der Waals surface area contributed by atoms with Crippen molar-refractivity contribution in [3.05, 3.63) is 71.3 Å². The van der Waals surface area contributed by atoms with E-state index in [2.05, 4.69) is 77.0 Å². The number of carbonyl (C=O) groups is 1. The lowest BCUT2D eigenvalue weighted by atomic mass is 10.1. The van der Waals surface area contributed by atoms with E-state index in [0.29, 0.717) is 25.6 Å². The molecule has 2 aromatic carbocycles. The summed E-state index contributed by atoms with van der Waals surface area (Å²) in [5.41, 5.74) is 3.73. The van der Waals surface area contributed by atoms with Gasteiger partial charge in [0, 0.05) is 52.2 Å². The number of nitrogens with one attached hydrogen (secondary N) is 2. The van der Waals surface area contributed by atoms with Gasteiger partial charge in [-0.2, -0.15) is 0 Å². The molecule has 0 aromatic heterocycles. The summed E-state index contributed by atoms with van der Waals surface area (Å²) in [4.78, 5) is 20.7. The van der Waals surface area contributed by atoms with Crippen molar-refractivity contribution in [2.45, 2.75) is 51.9 Å². The SMILES string of the molecule is CN=C(NCCC(C)N(C)Cc1ccccc1)NCc1ccccc1CN1CCCC1=O.I. The van der Waals surface area contributed by atoms with E-state index < -0.39 is 0 Å². The molecule has 33 heavy (non-hydrogen) atoms. The average molecular weight is 564 g/mol. The minimum atomic E-state index is 0. The van der Waals surface area contributed by atoms with Crippen LogP contribution in [0.15, 0.2) is 59.6 Å². The van der Waals surface area contributed by atoms with Gasteiger partial charge in [-0.1, -0.05) is 54.6 Å². The fourth-order valence-corrected chi connectivity index (χ4v) is 4.01. The first-order valence-electron chi connectivity index (χ1n) is 11.6. The second-order valence-electron chi connectivity index (χ2n) is 8.58. The first-order chi connectivity index (χ1) is 15.6. The Balaban J connectivity index is 0.00000385. The molecule has 1 atom stereocenters. The van der Waals surface area contributed by atoms with Crippen LogP contribution in [0.4, 0.5) is 0 Å². The Hall–Kier alpha value is -2.13. The third-order valence-corrected chi connectivity index (χ3v) is 6.20. The van der Waals surface area contributed by atoms with Gasteiger partial charge in [0.05, 0.1) is 0 Å². The molecule has 3 rings (SSSR count). The minimum Gasteiger partial charge on any atom is -0.356 e. The van der Waals surface area contributed by atoms with E-state index in [1.807, 2.05) is 17.0 Å². The largest absolute Gasteiger partial charge is 0.356 e. The number of hydrogen-bond donors (Lipinski definition) is 2. The van der Waals surface area contributed by atoms with Crippen molar-refractivity contribution in [3.63, 3.8) is 0 Å². The van der Waals surface area contributed by atoms with E-state index >= 15 is 0 Å². The predicted octanol–water partition coefficient (Wildman–Crippen LogP) is 4.00. The number of halogens is 1. The van der Waals surface area contributed by atoms with E-state index in [-0.39, 0.29) is 29.9 Å². The van der Waals surface area contributed by atoms with Crippen LogP contribution in [0.2, 0.25) is 0 Å². The zero-order chi connectivity index (χ0) is 22.8. The van der Waals surface area contributed by atoms with Crippen LogP contribution in [0.3, 0.4) is 0 Å². The van der Waals surface area contributed by atoms with Gasteiger partial charge in [-0.3, -0.25) is 14.7 Å². The number of benzene rings is 2. The highest BCUT2D eigenvalue weighted by molar-refractivity contribution is 14.0. The smallest absolute Gasteiger partial charge is 0.222 e. The van der Waals surface area contributed by atoms with Crippen LogP contribution in [0.1, 0.15) is 42.9 Å². The first-order valence-corrected chi connectivity index (χ1v) is 11.6. The van der Waals surface area contributed by atoms with E-state index in [1.165, 1.54) is 16.7 Å². The number of amides is 1. The average Bonchev–Trinajstić information content (AvgIpc) is 3.21. The number of hydrogen-bond acceptors (Lipinski definition) is 3. The van der Waals surface area contributed by atoms with Crippen molar-refractivity contribution in [1.82, 2.24) is 20.4 Å². The lowest BCUT2D eigenvalue weighted by Gasteiger charge is -2.25. The summed E-state index contributed by atoms with van der Waals surface area (Å²) in [6.07, 6.45) is 2.67. The van der Waals surface area contributed by atoms with E-state index in [4.69, 9.17) is 0 Å². The van der Waals surface area contributed by atoms with Gasteiger partial charge in [0.2, 0.25) is 5.91 Å². The maximum Gasteiger partial charge on any atom is 0.222 e. The van der Waals surface area contributed by atoms with Crippen molar-refractivity contribution >= 4 is 35.8 Å². The quantitative estimate of drug-likeness (QED) is 0.261. The van der Waals surface area contributed by atoms with Gasteiger partial charge in [-0.25, -0.2) is 0 Å². The second-order valence-corrected chi connectivity index (χ2v) is 8.58. The van der Waals surface area contributed by atoms with Gasteiger partial charge in [-0.05, 0) is 43.5 Å². The van der Waals surface area contributed by atoms with Crippen LogP contribution in [-0.2, 0) is 24.4 Å². The van der Waals surface area contributed by atoms with Crippen LogP contribution in [0.25, 0.3) is 0 Å². The van der Waals surface area contributed by atoms with E-state index in [1.54, 1.807) is 7.05 Å². The fourth-order valence-electron chi connectivity index (χ4n) is 4.01. The van der Waals surface area contributed by atoms with Gasteiger partial charge in [0.25, 0.3) is 0 Å². The molecule has 2 N–H and O–H groups in total. The summed E-state index contributed by atoms with van der Waals surface area (Å²) in [5, 5.41) is 6.86. The van der Waals surface area contributed by atoms with Gasteiger partial charge >= 0.3 is 0 Å². The fraction of sp³-hybridized carbons (Fsp3) is 0.462. The van der Waals surface area contributed by atoms with E-state index in [9.17, 15) is 4.79 Å². The number of nitrogens with zero attached hydrogens (tertiary/aromatic N) is 3. The van der Waals surface area contributed by atoms with Crippen molar-refractivity contribution in [2.75, 3.05) is 27.2 Å². The van der Waals surface area contributed by atoms with Gasteiger partial charge < -0.3 is 15.5 Å². The summed E-state index contributed by atoms with van der Waals surface area (Å²) >= 11 is 0. The molecule has 0 radical (unpaired) electrons. The Morgan fingerprint density at radius 3 is 2.45 bits per heavy atom. The Bertz CT molecular complexity index is 889. The third-order valence-electron chi connectivity index (χ3n) is 6.20. The van der Waals surface area contributed by atoms with Crippen LogP contribution in [0.5, 0.6) is 0 Å². The lowest BCUT2D eigenvalue weighted by molar-refractivity contribution is -0.128. The van der Waals surface area contributed by atoms with Crippen LogP contribution in [0, 0.1) is 0 Å². The molecule has 1 aliphatic rings. The van der Waals surface area contributed by atoms with Crippen LogP contribution < -0.4 is 10.6 Å². The second kappa shape index (κ2) is 14.2. The monoisotopic (exact) mass is 563 g/mol. The van der Waals surface area contributed by atoms with Gasteiger partial charge in [0.1, 0.15) is 0 Å². The first kappa shape index (κ1) is 27.1. The number of carbonyl (C=O) groups excluding carboxylic acids is 1. The molecule has 6 nitrogen and oxygen atoms in total. The topological polar surface area (TPSA) is 60.0 Å². The number of rotatable bonds is 10. The molecule has 2 aromatic rings. The third kappa shape index (κ3) is 8.62. The minimum absolute atomic E-state index is 0. The summed E-state index contributed by atoms with van der Waals surface area (Å²) in [7, 11) is 3.97. The Morgan fingerprint density at radius 1 is 1.09 bits per heavy atom. The Kier molecular flexibility index (Phi) is 11.7. The zero-order valence-corrected chi connectivity index (χ0v) is 22.4. The normalized spacial score (nSPS) is 14.8. The molecule has 1 aliphatic heterocycles. The molecule has 0 bridgehead atoms. The molecule has 0 saturated carbocycles. The summed E-state index contributed by atoms with van der Waals surface area (Å²) in [6, 6.07) is 19.4. The number of guanidine groups is 1. The van der Waals surface area contributed by atoms with Crippen molar-refractivity contribution in [1.29, 1.82) is 0 Å². The maximum atomic E-state index is 12.0. The summed E-state index contributed by atoms with van der Waals surface area (Å²) < 4.78 is 0. The highest BCUT2D eigenvalue weighted by Gasteiger charge is 2.20. The van der Waals surface area contributed by atoms with Crippen LogP contribution in [-0.4, -0.2) is 54.9 Å². The van der Waals surface area contributed by atoms with Crippen molar-refractivity contribution in [3.8, 4) is 0 Å². The lowest BCUT2D eigenvalue weighted by Crippen LogP contribution is -2.40. The molecule has 1 amide bonds. The standard InChI is InChI=1S/C26H37N5O.HI/c1-21(30(3)19-22-10-5-4-6-11-22)15-16-28-26(27-2)29-18-23-12-7-8-13-24(23)20-31-17-9-14-25(31)32;/h4-8,10-13,21H,9,14-20H2,1-3H3,(H2,27,28,29);1H. The number of likely N-dealkylation sites (tertiary alicyclic amines) is 1. The maximum absolute atomic E-state index is 12.0. The molecule has 7 heteroatoms. The molecule has 1 fully saturated rings. The molecule has 1 saturated heterocycles. The highest BCUT2D eigenvalue weighted by atomic mass is 127. The highest BCUT2D eigenvalue weighted by Crippen LogP contribution is 2.17. The molecule has 1 heterocycles. The molecule has 1 unspecified atom stereocenters. The molecule has 0 aliphatic carbocycles. The van der Waals surface area contributed by atoms with Gasteiger partial charge in [-0.15, -0.1) is 24.0 Å². The Labute approximate surface area is 215 Å². The van der Waals surface area contributed by atoms with Gasteiger partial charge in [0.15, 0.2) is 5.96 Å². The molecular formula is C26H38IN5O. The summed E-state index contributed by atoms with van der Waals surface area (Å²) in [6.45, 7) is 6.29. The van der Waals surface area contributed by atoms with Crippen molar-refractivity contribution in [2.24, 2.45) is 4.99 Å². The molecular weight excluding hydrogens is 525 g/mol. The van der Waals surface area contributed by atoms with E-state index in [0.717, 1.165) is 38.4 Å². The Morgan fingerprint density at radius 2 is 1.79 bits per heavy atom. The zero-order valence-electron chi connectivity index (χ0n) is 20.1. The van der Waals surface area contributed by atoms with Crippen LogP contribution >= 0.6 is 24.0 Å². The van der Waals surface area contributed by atoms with Crippen molar-refractivity contribution < 1.29 is 4.79 Å². The number of aliphatic imine (C=N–C) groups is 1.